The van der Waals surface area contributed by atoms with Crippen LogP contribution in [0, 0.1) is 6.92 Å². The summed E-state index contributed by atoms with van der Waals surface area (Å²) < 4.78 is 16.3. The van der Waals surface area contributed by atoms with Crippen LogP contribution in [0.3, 0.4) is 0 Å². The Morgan fingerprint density at radius 3 is 2.14 bits per heavy atom. The van der Waals surface area contributed by atoms with E-state index < -0.39 is 29.7 Å². The number of ether oxygens (including phenoxy) is 3. The third-order valence-electron chi connectivity index (χ3n) is 6.84. The van der Waals surface area contributed by atoms with Gasteiger partial charge in [0.2, 0.25) is 5.91 Å². The topological polar surface area (TPSA) is 120 Å². The first-order chi connectivity index (χ1) is 20.0. The van der Waals surface area contributed by atoms with Gasteiger partial charge < -0.3 is 24.8 Å². The van der Waals surface area contributed by atoms with Gasteiger partial charge in [0, 0.05) is 13.0 Å². The summed E-state index contributed by atoms with van der Waals surface area (Å²) in [6.45, 7) is 7.61. The molecule has 228 valence electrons. The fourth-order valence-electron chi connectivity index (χ4n) is 4.55. The largest absolute Gasteiger partial charge is 0.462 e. The number of benzene rings is 2. The zero-order chi connectivity index (χ0) is 30.5. The highest BCUT2D eigenvalue weighted by Crippen LogP contribution is 2.21. The van der Waals surface area contributed by atoms with Gasteiger partial charge in [-0.1, -0.05) is 60.5 Å². The molecule has 0 aliphatic heterocycles. The molecule has 3 rings (SSSR count). The normalized spacial score (nSPS) is 14.4. The second-order valence-electron chi connectivity index (χ2n) is 11.9. The van der Waals surface area contributed by atoms with E-state index in [1.54, 1.807) is 32.9 Å². The van der Waals surface area contributed by atoms with Crippen LogP contribution in [0.4, 0.5) is 4.79 Å². The predicted octanol–water partition coefficient (Wildman–Crippen LogP) is 5.45. The van der Waals surface area contributed by atoms with Crippen molar-refractivity contribution in [1.82, 2.24) is 10.6 Å². The summed E-state index contributed by atoms with van der Waals surface area (Å²) in [4.78, 5) is 50.1. The van der Waals surface area contributed by atoms with Gasteiger partial charge in [-0.05, 0) is 76.5 Å². The first-order valence-corrected chi connectivity index (χ1v) is 14.7. The Kier molecular flexibility index (Phi) is 12.4. The quantitative estimate of drug-likeness (QED) is 0.253. The average molecular weight is 581 g/mol. The Bertz CT molecular complexity index is 1180. The monoisotopic (exact) mass is 580 g/mol. The van der Waals surface area contributed by atoms with E-state index in [0.717, 1.165) is 48.8 Å². The lowest BCUT2D eigenvalue weighted by Gasteiger charge is -2.24. The molecular weight excluding hydrogens is 536 g/mol. The van der Waals surface area contributed by atoms with Crippen molar-refractivity contribution in [3.63, 3.8) is 0 Å². The maximum atomic E-state index is 12.9. The SMILES string of the molecule is Cc1ccc(CNC(=O)Cc2ccc(COC(=O)[C@H](CCC(=O)OC3CCCCC3)NC(=O)OC(C)(C)C)cc2)cc1. The second kappa shape index (κ2) is 15.9. The fraction of sp³-hybridized carbons (Fsp3) is 0.515. The van der Waals surface area contributed by atoms with Crippen LogP contribution in [0.25, 0.3) is 0 Å². The van der Waals surface area contributed by atoms with E-state index >= 15 is 0 Å². The van der Waals surface area contributed by atoms with Crippen LogP contribution in [-0.4, -0.2) is 41.7 Å². The van der Waals surface area contributed by atoms with Crippen molar-refractivity contribution in [3.05, 3.63) is 70.8 Å². The summed E-state index contributed by atoms with van der Waals surface area (Å²) in [6.07, 6.45) is 4.29. The van der Waals surface area contributed by atoms with Crippen LogP contribution in [0.15, 0.2) is 48.5 Å². The summed E-state index contributed by atoms with van der Waals surface area (Å²) in [5.41, 5.74) is 3.00. The summed E-state index contributed by atoms with van der Waals surface area (Å²) >= 11 is 0. The molecule has 9 nitrogen and oxygen atoms in total. The first-order valence-electron chi connectivity index (χ1n) is 14.7. The molecule has 0 saturated heterocycles. The van der Waals surface area contributed by atoms with E-state index in [2.05, 4.69) is 10.6 Å². The maximum absolute atomic E-state index is 12.9. The summed E-state index contributed by atoms with van der Waals surface area (Å²) in [6, 6.07) is 14.1. The van der Waals surface area contributed by atoms with Crippen LogP contribution < -0.4 is 10.6 Å². The van der Waals surface area contributed by atoms with E-state index in [4.69, 9.17) is 14.2 Å². The van der Waals surface area contributed by atoms with Gasteiger partial charge in [0.25, 0.3) is 0 Å². The van der Waals surface area contributed by atoms with Crippen molar-refractivity contribution in [2.24, 2.45) is 0 Å². The molecule has 1 fully saturated rings. The molecule has 2 aromatic carbocycles. The van der Waals surface area contributed by atoms with Gasteiger partial charge >= 0.3 is 18.0 Å². The zero-order valence-corrected chi connectivity index (χ0v) is 25.2. The van der Waals surface area contributed by atoms with Crippen LogP contribution in [0.2, 0.25) is 0 Å². The number of hydrogen-bond acceptors (Lipinski definition) is 7. The molecule has 1 atom stereocenters. The van der Waals surface area contributed by atoms with Crippen LogP contribution >= 0.6 is 0 Å². The van der Waals surface area contributed by atoms with Crippen molar-refractivity contribution in [2.75, 3.05) is 0 Å². The molecule has 1 aliphatic rings. The second-order valence-corrected chi connectivity index (χ2v) is 11.9. The Morgan fingerprint density at radius 1 is 0.881 bits per heavy atom. The molecular formula is C33H44N2O7. The van der Waals surface area contributed by atoms with Gasteiger partial charge in [0.05, 0.1) is 6.42 Å². The number of rotatable bonds is 12. The number of aryl methyl sites for hydroxylation is 1. The van der Waals surface area contributed by atoms with Gasteiger partial charge in [0.15, 0.2) is 0 Å². The third-order valence-corrected chi connectivity index (χ3v) is 6.84. The fourth-order valence-corrected chi connectivity index (χ4v) is 4.55. The summed E-state index contributed by atoms with van der Waals surface area (Å²) in [7, 11) is 0. The van der Waals surface area contributed by atoms with Gasteiger partial charge in [-0.3, -0.25) is 9.59 Å². The van der Waals surface area contributed by atoms with E-state index in [1.807, 2.05) is 43.3 Å². The number of nitrogens with one attached hydrogen (secondary N) is 2. The molecule has 1 aliphatic carbocycles. The van der Waals surface area contributed by atoms with Gasteiger partial charge in [0.1, 0.15) is 24.4 Å². The van der Waals surface area contributed by atoms with Crippen molar-refractivity contribution < 1.29 is 33.4 Å². The summed E-state index contributed by atoms with van der Waals surface area (Å²) in [5, 5.41) is 5.46. The van der Waals surface area contributed by atoms with Gasteiger partial charge in [-0.15, -0.1) is 0 Å². The lowest BCUT2D eigenvalue weighted by molar-refractivity contribution is -0.152. The molecule has 0 aromatic heterocycles. The molecule has 42 heavy (non-hydrogen) atoms. The predicted molar refractivity (Wildman–Crippen MR) is 158 cm³/mol. The van der Waals surface area contributed by atoms with Crippen molar-refractivity contribution in [3.8, 4) is 0 Å². The molecule has 0 bridgehead atoms. The molecule has 2 N–H and O–H groups in total. The molecule has 9 heteroatoms. The molecule has 2 aromatic rings. The van der Waals surface area contributed by atoms with Crippen molar-refractivity contribution in [2.45, 2.75) is 110 Å². The highest BCUT2D eigenvalue weighted by molar-refractivity contribution is 5.82. The third kappa shape index (κ3) is 12.3. The van der Waals surface area contributed by atoms with Crippen molar-refractivity contribution >= 4 is 23.9 Å². The van der Waals surface area contributed by atoms with Crippen LogP contribution in [0.5, 0.6) is 0 Å². The molecule has 0 spiro atoms. The van der Waals surface area contributed by atoms with E-state index in [-0.39, 0.29) is 37.9 Å². The Hall–Kier alpha value is -3.88. The standard InChI is InChI=1S/C33H44N2O7/c1-23-10-12-25(13-11-23)21-34-29(36)20-24-14-16-26(17-15-24)22-40-31(38)28(35-32(39)42-33(2,3)4)18-19-30(37)41-27-8-6-5-7-9-27/h10-17,27-28H,5-9,18-22H2,1-4H3,(H,34,36)(H,35,39)/t28-/m0/s1. The smallest absolute Gasteiger partial charge is 0.408 e. The lowest BCUT2D eigenvalue weighted by atomic mass is 9.98. The molecule has 2 amide bonds. The molecule has 0 radical (unpaired) electrons. The van der Waals surface area contributed by atoms with Gasteiger partial charge in [-0.2, -0.15) is 0 Å². The molecule has 0 heterocycles. The number of carbonyl (C=O) groups excluding carboxylic acids is 4. The maximum Gasteiger partial charge on any atom is 0.408 e. The number of esters is 2. The highest BCUT2D eigenvalue weighted by atomic mass is 16.6. The van der Waals surface area contributed by atoms with Gasteiger partial charge in [-0.25, -0.2) is 9.59 Å². The Balaban J connectivity index is 1.49. The highest BCUT2D eigenvalue weighted by Gasteiger charge is 2.27. The molecule has 1 saturated carbocycles. The number of hydrogen-bond donors (Lipinski definition) is 2. The van der Waals surface area contributed by atoms with E-state index in [9.17, 15) is 19.2 Å². The minimum Gasteiger partial charge on any atom is -0.462 e. The zero-order valence-electron chi connectivity index (χ0n) is 25.2. The Morgan fingerprint density at radius 2 is 1.50 bits per heavy atom. The number of amides is 2. The minimum absolute atomic E-state index is 0.0280. The summed E-state index contributed by atoms with van der Waals surface area (Å²) in [5.74, 6) is -1.16. The lowest BCUT2D eigenvalue weighted by Crippen LogP contribution is -2.44. The Labute approximate surface area is 248 Å². The minimum atomic E-state index is -1.07. The van der Waals surface area contributed by atoms with Crippen LogP contribution in [-0.2, 0) is 48.2 Å². The van der Waals surface area contributed by atoms with E-state index in [1.165, 1.54) is 5.56 Å². The van der Waals surface area contributed by atoms with Crippen LogP contribution in [0.1, 0.15) is 88.0 Å². The number of carbonyl (C=O) groups is 4. The number of alkyl carbamates (subject to hydrolysis) is 1. The van der Waals surface area contributed by atoms with E-state index in [0.29, 0.717) is 6.54 Å². The van der Waals surface area contributed by atoms with Crippen molar-refractivity contribution in [1.29, 1.82) is 0 Å². The first kappa shape index (κ1) is 32.6. The average Bonchev–Trinajstić information content (AvgIpc) is 2.94. The molecule has 0 unspecified atom stereocenters.